The molecule has 2 aromatic rings. The Morgan fingerprint density at radius 1 is 1.26 bits per heavy atom. The van der Waals surface area contributed by atoms with Crippen molar-refractivity contribution in [3.05, 3.63) is 21.9 Å². The van der Waals surface area contributed by atoms with Crippen LogP contribution in [0.2, 0.25) is 0 Å². The highest BCUT2D eigenvalue weighted by Gasteiger charge is 2.34. The third kappa shape index (κ3) is 3.38. The molecule has 1 amide bonds. The van der Waals surface area contributed by atoms with E-state index in [2.05, 4.69) is 31.1 Å². The van der Waals surface area contributed by atoms with Gasteiger partial charge in [0.05, 0.1) is 5.25 Å². The van der Waals surface area contributed by atoms with E-state index in [0.29, 0.717) is 6.04 Å². The van der Waals surface area contributed by atoms with Crippen LogP contribution in [0.25, 0.3) is 0 Å². The quantitative estimate of drug-likeness (QED) is 0.717. The zero-order valence-electron chi connectivity index (χ0n) is 15.6. The van der Waals surface area contributed by atoms with Crippen LogP contribution in [0, 0.1) is 0 Å². The van der Waals surface area contributed by atoms with Gasteiger partial charge in [0.2, 0.25) is 11.9 Å². The van der Waals surface area contributed by atoms with E-state index < -0.39 is 0 Å². The highest BCUT2D eigenvalue weighted by molar-refractivity contribution is 8.00. The molecule has 27 heavy (non-hydrogen) atoms. The second-order valence-corrected chi connectivity index (χ2v) is 10.0. The van der Waals surface area contributed by atoms with E-state index in [0.717, 1.165) is 43.7 Å². The van der Waals surface area contributed by atoms with Gasteiger partial charge < -0.3 is 9.80 Å². The smallest absolute Gasteiger partial charge is 0.236 e. The van der Waals surface area contributed by atoms with Gasteiger partial charge in [0, 0.05) is 37.1 Å². The number of thioether (sulfide) groups is 1. The van der Waals surface area contributed by atoms with Gasteiger partial charge in [0.25, 0.3) is 0 Å². The average molecular weight is 404 g/mol. The topological polar surface area (TPSA) is 54.3 Å². The number of rotatable bonds is 5. The maximum Gasteiger partial charge on any atom is 0.236 e. The van der Waals surface area contributed by atoms with Crippen molar-refractivity contribution >= 4 is 35.0 Å². The lowest BCUT2D eigenvalue weighted by Gasteiger charge is -2.29. The summed E-state index contributed by atoms with van der Waals surface area (Å²) in [5.41, 5.74) is 1.31. The van der Waals surface area contributed by atoms with Crippen molar-refractivity contribution in [3.63, 3.8) is 0 Å². The Morgan fingerprint density at radius 2 is 2.07 bits per heavy atom. The van der Waals surface area contributed by atoms with Crippen LogP contribution in [-0.2, 0) is 17.8 Å². The van der Waals surface area contributed by atoms with E-state index in [9.17, 15) is 4.79 Å². The first-order valence-corrected chi connectivity index (χ1v) is 11.7. The summed E-state index contributed by atoms with van der Waals surface area (Å²) in [6, 6.07) is 2.67. The molecule has 0 spiro atoms. The molecule has 1 unspecified atom stereocenters. The van der Waals surface area contributed by atoms with Gasteiger partial charge in [-0.3, -0.25) is 9.36 Å². The Balaban J connectivity index is 1.31. The van der Waals surface area contributed by atoms with Crippen LogP contribution in [0.3, 0.4) is 0 Å². The number of carbonyl (C=O) groups is 1. The van der Waals surface area contributed by atoms with E-state index in [4.69, 9.17) is 0 Å². The normalized spacial score (nSPS) is 20.8. The molecule has 5 rings (SSSR count). The zero-order valence-corrected chi connectivity index (χ0v) is 17.3. The van der Waals surface area contributed by atoms with Crippen LogP contribution < -0.4 is 4.90 Å². The van der Waals surface area contributed by atoms with Gasteiger partial charge in [-0.2, -0.15) is 0 Å². The largest absolute Gasteiger partial charge is 0.341 e. The molecule has 2 fully saturated rings. The number of hydrogen-bond donors (Lipinski definition) is 0. The van der Waals surface area contributed by atoms with Gasteiger partial charge in [-0.15, -0.1) is 21.5 Å². The molecule has 0 aromatic carbocycles. The summed E-state index contributed by atoms with van der Waals surface area (Å²) in [6.45, 7) is 5.72. The molecule has 144 valence electrons. The first kappa shape index (κ1) is 17.6. The van der Waals surface area contributed by atoms with Crippen LogP contribution in [-0.4, -0.2) is 50.5 Å². The Hall–Kier alpha value is -1.54. The third-order valence-corrected chi connectivity index (χ3v) is 7.76. The highest BCUT2D eigenvalue weighted by Crippen LogP contribution is 2.42. The molecule has 1 saturated carbocycles. The Labute approximate surface area is 167 Å². The van der Waals surface area contributed by atoms with Crippen LogP contribution in [0.1, 0.15) is 49.1 Å². The van der Waals surface area contributed by atoms with Crippen molar-refractivity contribution < 1.29 is 4.79 Å². The molecule has 1 aliphatic carbocycles. The number of hydrogen-bond acceptors (Lipinski definition) is 6. The van der Waals surface area contributed by atoms with Gasteiger partial charge >= 0.3 is 0 Å². The average Bonchev–Trinajstić information content (AvgIpc) is 3.09. The van der Waals surface area contributed by atoms with Gasteiger partial charge in [-0.1, -0.05) is 11.8 Å². The van der Waals surface area contributed by atoms with Crippen molar-refractivity contribution in [2.24, 2.45) is 0 Å². The monoisotopic (exact) mass is 403 g/mol. The fraction of sp³-hybridized carbons (Fsp3) is 0.632. The lowest BCUT2D eigenvalue weighted by Crippen LogP contribution is -2.39. The molecule has 2 aromatic heterocycles. The highest BCUT2D eigenvalue weighted by atomic mass is 32.2. The molecular weight excluding hydrogens is 378 g/mol. The van der Waals surface area contributed by atoms with E-state index in [1.54, 1.807) is 11.8 Å². The Kier molecular flexibility index (Phi) is 4.63. The third-order valence-electron chi connectivity index (χ3n) is 5.70. The van der Waals surface area contributed by atoms with E-state index in [1.807, 2.05) is 23.2 Å². The lowest BCUT2D eigenvalue weighted by atomic mass is 10.1. The number of aromatic nitrogens is 3. The fourth-order valence-corrected chi connectivity index (χ4v) is 5.92. The minimum atomic E-state index is -0.140. The maximum absolute atomic E-state index is 13.0. The van der Waals surface area contributed by atoms with E-state index in [-0.39, 0.29) is 11.2 Å². The lowest BCUT2D eigenvalue weighted by molar-refractivity contribution is -0.131. The number of nitrogens with zero attached hydrogens (tertiary/aromatic N) is 5. The molecule has 0 bridgehead atoms. The summed E-state index contributed by atoms with van der Waals surface area (Å²) < 4.78 is 2.30. The molecule has 2 aliphatic heterocycles. The minimum Gasteiger partial charge on any atom is -0.341 e. The summed E-state index contributed by atoms with van der Waals surface area (Å²) in [7, 11) is 0. The van der Waals surface area contributed by atoms with Crippen LogP contribution in [0.15, 0.2) is 16.6 Å². The standard InChI is InChI=1S/C19H25N5OS2/c1-13(17(25)23-10-6-16-14(12-23)7-11-26-16)27-19-21-20-18(22-8-2-3-9-22)24(19)15-4-5-15/h7,11,13,15H,2-6,8-10,12H2,1H3. The predicted octanol–water partition coefficient (Wildman–Crippen LogP) is 3.34. The Bertz CT molecular complexity index is 837. The molecule has 8 heteroatoms. The van der Waals surface area contributed by atoms with Crippen LogP contribution >= 0.6 is 23.1 Å². The van der Waals surface area contributed by atoms with Crippen molar-refractivity contribution in [1.82, 2.24) is 19.7 Å². The Morgan fingerprint density at radius 3 is 2.85 bits per heavy atom. The summed E-state index contributed by atoms with van der Waals surface area (Å²) in [4.78, 5) is 18.8. The number of anilines is 1. The summed E-state index contributed by atoms with van der Waals surface area (Å²) in [6.07, 6.45) is 5.83. The summed E-state index contributed by atoms with van der Waals surface area (Å²) in [5.74, 6) is 1.22. The molecule has 0 N–H and O–H groups in total. The second kappa shape index (κ2) is 7.13. The molecule has 1 atom stereocenters. The summed E-state index contributed by atoms with van der Waals surface area (Å²) in [5, 5.41) is 11.9. The van der Waals surface area contributed by atoms with Crippen molar-refractivity contribution in [3.8, 4) is 0 Å². The second-order valence-electron chi connectivity index (χ2n) is 7.72. The zero-order chi connectivity index (χ0) is 18.4. The molecule has 0 radical (unpaired) electrons. The van der Waals surface area contributed by atoms with Crippen LogP contribution in [0.4, 0.5) is 5.95 Å². The van der Waals surface area contributed by atoms with Gasteiger partial charge in [0.15, 0.2) is 5.16 Å². The molecule has 4 heterocycles. The molecular formula is C19H25N5OS2. The van der Waals surface area contributed by atoms with Gasteiger partial charge in [-0.25, -0.2) is 0 Å². The molecule has 3 aliphatic rings. The van der Waals surface area contributed by atoms with Crippen molar-refractivity contribution in [2.45, 2.75) is 62.0 Å². The number of thiophene rings is 1. The molecule has 6 nitrogen and oxygen atoms in total. The van der Waals surface area contributed by atoms with Crippen molar-refractivity contribution in [1.29, 1.82) is 0 Å². The first-order valence-electron chi connectivity index (χ1n) is 9.91. The fourth-order valence-electron chi connectivity index (χ4n) is 4.04. The summed E-state index contributed by atoms with van der Waals surface area (Å²) >= 11 is 3.38. The number of carbonyl (C=O) groups excluding carboxylic acids is 1. The number of fused-ring (bicyclic) bond motifs is 1. The number of amides is 1. The van der Waals surface area contributed by atoms with E-state index >= 15 is 0 Å². The maximum atomic E-state index is 13.0. The van der Waals surface area contributed by atoms with Gasteiger partial charge in [0.1, 0.15) is 0 Å². The van der Waals surface area contributed by atoms with E-state index in [1.165, 1.54) is 36.1 Å². The predicted molar refractivity (Wildman–Crippen MR) is 108 cm³/mol. The SMILES string of the molecule is CC(Sc1nnc(N2CCCC2)n1C1CC1)C(=O)N1CCc2sccc2C1. The van der Waals surface area contributed by atoms with Gasteiger partial charge in [-0.05, 0) is 56.0 Å². The molecule has 1 saturated heterocycles. The minimum absolute atomic E-state index is 0.140. The van der Waals surface area contributed by atoms with Crippen molar-refractivity contribution in [2.75, 3.05) is 24.5 Å². The first-order chi connectivity index (χ1) is 13.2. The van der Waals surface area contributed by atoms with Crippen LogP contribution in [0.5, 0.6) is 0 Å².